The summed E-state index contributed by atoms with van der Waals surface area (Å²) >= 11 is 1.65. The Hall–Kier alpha value is -1.65. The van der Waals surface area contributed by atoms with Crippen LogP contribution in [0.1, 0.15) is 34.8 Å². The van der Waals surface area contributed by atoms with E-state index in [1.807, 2.05) is 17.5 Å². The second kappa shape index (κ2) is 7.07. The van der Waals surface area contributed by atoms with Crippen molar-refractivity contribution in [1.29, 1.82) is 0 Å². The quantitative estimate of drug-likeness (QED) is 0.889. The van der Waals surface area contributed by atoms with E-state index in [-0.39, 0.29) is 12.5 Å². The minimum atomic E-state index is 0.0123. The second-order valence-electron chi connectivity index (χ2n) is 5.76. The average Bonchev–Trinajstić information content (AvgIpc) is 3.17. The van der Waals surface area contributed by atoms with Gasteiger partial charge in [-0.25, -0.2) is 0 Å². The summed E-state index contributed by atoms with van der Waals surface area (Å²) in [7, 11) is 0. The van der Waals surface area contributed by atoms with E-state index in [1.165, 1.54) is 11.1 Å². The Labute approximate surface area is 135 Å². The molecule has 1 aliphatic carbocycles. The molecule has 3 nitrogen and oxygen atoms in total. The van der Waals surface area contributed by atoms with Crippen LogP contribution < -0.4 is 0 Å². The van der Waals surface area contributed by atoms with Gasteiger partial charge in [-0.2, -0.15) is 0 Å². The monoisotopic (exact) mass is 315 g/mol. The first kappa shape index (κ1) is 15.3. The number of carbonyl (C=O) groups excluding carboxylic acids is 1. The Kier molecular flexibility index (Phi) is 4.90. The van der Waals surface area contributed by atoms with Crippen molar-refractivity contribution in [2.75, 3.05) is 13.2 Å². The third-order valence-electron chi connectivity index (χ3n) is 4.33. The van der Waals surface area contributed by atoms with Gasteiger partial charge in [-0.05, 0) is 41.3 Å². The van der Waals surface area contributed by atoms with Crippen molar-refractivity contribution in [1.82, 2.24) is 4.90 Å². The van der Waals surface area contributed by atoms with E-state index < -0.39 is 0 Å². The average molecular weight is 315 g/mol. The lowest BCUT2D eigenvalue weighted by Crippen LogP contribution is -2.33. The topological polar surface area (TPSA) is 40.5 Å². The molecule has 4 heteroatoms. The smallest absolute Gasteiger partial charge is 0.223 e. The number of carbonyl (C=O) groups is 1. The van der Waals surface area contributed by atoms with Crippen LogP contribution >= 0.6 is 11.3 Å². The van der Waals surface area contributed by atoms with Gasteiger partial charge in [-0.3, -0.25) is 4.79 Å². The number of rotatable bonds is 6. The van der Waals surface area contributed by atoms with Gasteiger partial charge in [-0.15, -0.1) is 11.3 Å². The standard InChI is InChI=1S/C18H21NO2S/c20-10-9-19(13-16-5-3-11-22-16)18(21)12-15-8-7-14-4-1-2-6-17(14)15/h1-6,11,15,20H,7-10,12-13H2. The van der Waals surface area contributed by atoms with E-state index in [0.717, 1.165) is 17.7 Å². The number of amides is 1. The number of hydrogen-bond acceptors (Lipinski definition) is 3. The maximum Gasteiger partial charge on any atom is 0.223 e. The van der Waals surface area contributed by atoms with Gasteiger partial charge in [0.1, 0.15) is 0 Å². The molecule has 1 N–H and O–H groups in total. The Bertz CT molecular complexity index is 624. The molecule has 0 aliphatic heterocycles. The van der Waals surface area contributed by atoms with Crippen molar-refractivity contribution >= 4 is 17.2 Å². The highest BCUT2D eigenvalue weighted by molar-refractivity contribution is 7.09. The van der Waals surface area contributed by atoms with Gasteiger partial charge in [0.2, 0.25) is 5.91 Å². The molecule has 3 rings (SSSR count). The molecule has 0 bridgehead atoms. The largest absolute Gasteiger partial charge is 0.395 e. The van der Waals surface area contributed by atoms with Crippen LogP contribution in [0.5, 0.6) is 0 Å². The maximum absolute atomic E-state index is 12.6. The maximum atomic E-state index is 12.6. The molecule has 0 saturated carbocycles. The lowest BCUT2D eigenvalue weighted by Gasteiger charge is -2.23. The van der Waals surface area contributed by atoms with Crippen molar-refractivity contribution in [3.05, 3.63) is 57.8 Å². The Morgan fingerprint density at radius 2 is 2.14 bits per heavy atom. The fraction of sp³-hybridized carbons (Fsp3) is 0.389. The van der Waals surface area contributed by atoms with Gasteiger partial charge in [0, 0.05) is 17.8 Å². The molecule has 1 heterocycles. The van der Waals surface area contributed by atoms with Crippen molar-refractivity contribution in [2.45, 2.75) is 31.7 Å². The molecule has 22 heavy (non-hydrogen) atoms. The third-order valence-corrected chi connectivity index (χ3v) is 5.19. The van der Waals surface area contributed by atoms with Crippen LogP contribution in [0.4, 0.5) is 0 Å². The molecule has 1 aromatic carbocycles. The predicted molar refractivity (Wildman–Crippen MR) is 88.9 cm³/mol. The van der Waals surface area contributed by atoms with Crippen molar-refractivity contribution in [3.63, 3.8) is 0 Å². The van der Waals surface area contributed by atoms with Gasteiger partial charge in [-0.1, -0.05) is 30.3 Å². The Morgan fingerprint density at radius 1 is 1.27 bits per heavy atom. The summed E-state index contributed by atoms with van der Waals surface area (Å²) in [6.07, 6.45) is 2.67. The van der Waals surface area contributed by atoms with Crippen LogP contribution in [-0.4, -0.2) is 29.1 Å². The molecule has 0 fully saturated rings. The number of thiophene rings is 1. The zero-order chi connectivity index (χ0) is 15.4. The van der Waals surface area contributed by atoms with Crippen molar-refractivity contribution < 1.29 is 9.90 Å². The molecule has 0 saturated heterocycles. The van der Waals surface area contributed by atoms with E-state index >= 15 is 0 Å². The summed E-state index contributed by atoms with van der Waals surface area (Å²) < 4.78 is 0. The molecule has 1 amide bonds. The summed E-state index contributed by atoms with van der Waals surface area (Å²) in [6.45, 7) is 1.02. The summed E-state index contributed by atoms with van der Waals surface area (Å²) in [5, 5.41) is 11.3. The normalized spacial score (nSPS) is 16.5. The summed E-state index contributed by atoms with van der Waals surface area (Å²) in [5.74, 6) is 0.470. The molecule has 1 unspecified atom stereocenters. The molecule has 1 atom stereocenters. The summed E-state index contributed by atoms with van der Waals surface area (Å²) in [4.78, 5) is 15.6. The molecule has 0 radical (unpaired) electrons. The van der Waals surface area contributed by atoms with Gasteiger partial charge in [0.05, 0.1) is 13.2 Å². The minimum Gasteiger partial charge on any atom is -0.395 e. The van der Waals surface area contributed by atoms with Crippen LogP contribution in [0.3, 0.4) is 0 Å². The fourth-order valence-electron chi connectivity index (χ4n) is 3.20. The highest BCUT2D eigenvalue weighted by Gasteiger charge is 2.26. The highest BCUT2D eigenvalue weighted by Crippen LogP contribution is 2.35. The van der Waals surface area contributed by atoms with Gasteiger partial charge < -0.3 is 10.0 Å². The molecule has 2 aromatic rings. The predicted octanol–water partition coefficient (Wildman–Crippen LogP) is 3.19. The van der Waals surface area contributed by atoms with Gasteiger partial charge in [0.15, 0.2) is 0 Å². The van der Waals surface area contributed by atoms with Crippen LogP contribution in [0, 0.1) is 0 Å². The lowest BCUT2D eigenvalue weighted by molar-refractivity contribution is -0.132. The zero-order valence-electron chi connectivity index (χ0n) is 12.6. The van der Waals surface area contributed by atoms with Gasteiger partial charge >= 0.3 is 0 Å². The summed E-state index contributed by atoms with van der Waals surface area (Å²) in [6, 6.07) is 12.5. The molecular weight excluding hydrogens is 294 g/mol. The first-order valence-corrected chi connectivity index (χ1v) is 8.64. The number of aliphatic hydroxyl groups is 1. The number of hydrogen-bond donors (Lipinski definition) is 1. The van der Waals surface area contributed by atoms with Crippen LogP contribution in [0.15, 0.2) is 41.8 Å². The van der Waals surface area contributed by atoms with Crippen molar-refractivity contribution in [3.8, 4) is 0 Å². The number of aliphatic hydroxyl groups excluding tert-OH is 1. The number of aryl methyl sites for hydroxylation is 1. The van der Waals surface area contributed by atoms with E-state index in [9.17, 15) is 9.90 Å². The molecule has 116 valence electrons. The van der Waals surface area contributed by atoms with E-state index in [2.05, 4.69) is 24.3 Å². The molecule has 0 spiro atoms. The second-order valence-corrected chi connectivity index (χ2v) is 6.79. The Morgan fingerprint density at radius 3 is 2.91 bits per heavy atom. The number of nitrogens with zero attached hydrogens (tertiary/aromatic N) is 1. The van der Waals surface area contributed by atoms with E-state index in [1.54, 1.807) is 16.2 Å². The third kappa shape index (κ3) is 3.39. The van der Waals surface area contributed by atoms with E-state index in [0.29, 0.717) is 25.4 Å². The molecule has 1 aliphatic rings. The SMILES string of the molecule is O=C(CC1CCc2ccccc21)N(CCO)Cc1cccs1. The highest BCUT2D eigenvalue weighted by atomic mass is 32.1. The number of fused-ring (bicyclic) bond motifs is 1. The fourth-order valence-corrected chi connectivity index (χ4v) is 3.92. The first-order valence-electron chi connectivity index (χ1n) is 7.76. The van der Waals surface area contributed by atoms with Gasteiger partial charge in [0.25, 0.3) is 0 Å². The van der Waals surface area contributed by atoms with Crippen LogP contribution in [-0.2, 0) is 17.8 Å². The van der Waals surface area contributed by atoms with Crippen LogP contribution in [0.2, 0.25) is 0 Å². The molecule has 1 aromatic heterocycles. The molecular formula is C18H21NO2S. The summed E-state index contributed by atoms with van der Waals surface area (Å²) in [5.41, 5.74) is 2.71. The Balaban J connectivity index is 1.67. The lowest BCUT2D eigenvalue weighted by atomic mass is 9.97. The first-order chi connectivity index (χ1) is 10.8. The van der Waals surface area contributed by atoms with E-state index in [4.69, 9.17) is 0 Å². The number of benzene rings is 1. The van der Waals surface area contributed by atoms with Crippen molar-refractivity contribution in [2.24, 2.45) is 0 Å². The van der Waals surface area contributed by atoms with Crippen LogP contribution in [0.25, 0.3) is 0 Å². The minimum absolute atomic E-state index is 0.0123. The zero-order valence-corrected chi connectivity index (χ0v) is 13.4.